The van der Waals surface area contributed by atoms with Crippen LogP contribution in [0.1, 0.15) is 52.6 Å². The second kappa shape index (κ2) is 8.03. The number of unbranched alkanes of at least 4 members (excludes halogenated alkanes) is 2. The molecule has 7 heteroatoms. The minimum Gasteiger partial charge on any atom is -0.291 e. The SMILES string of the molecule is CCCCCSc1n[n+]2c(c(=O)[nH]1)-c1ccccc1N(C(C)=O)[C@H]2CC. The smallest absolute Gasteiger partial charge is 0.291 e. The molecule has 1 aromatic carbocycles. The predicted molar refractivity (Wildman–Crippen MR) is 103 cm³/mol. The van der Waals surface area contributed by atoms with Crippen molar-refractivity contribution >= 4 is 23.4 Å². The number of aromatic nitrogens is 3. The third-order valence-corrected chi connectivity index (χ3v) is 5.50. The molecule has 1 atom stereocenters. The van der Waals surface area contributed by atoms with E-state index in [1.165, 1.54) is 6.42 Å². The fourth-order valence-electron chi connectivity index (χ4n) is 3.37. The van der Waals surface area contributed by atoms with Crippen LogP contribution in [0.3, 0.4) is 0 Å². The lowest BCUT2D eigenvalue weighted by atomic mass is 10.0. The molecule has 0 unspecified atom stereocenters. The number of aromatic amines is 1. The van der Waals surface area contributed by atoms with Crippen molar-refractivity contribution in [3.8, 4) is 11.3 Å². The monoisotopic (exact) mass is 373 g/mol. The number of thioether (sulfide) groups is 1. The normalized spacial score (nSPS) is 15.5. The number of nitrogens with one attached hydrogen (secondary N) is 1. The van der Waals surface area contributed by atoms with Crippen molar-refractivity contribution in [2.45, 2.75) is 57.8 Å². The van der Waals surface area contributed by atoms with Crippen LogP contribution < -0.4 is 15.1 Å². The summed E-state index contributed by atoms with van der Waals surface area (Å²) >= 11 is 1.56. The summed E-state index contributed by atoms with van der Waals surface area (Å²) in [6.45, 7) is 5.72. The zero-order valence-electron chi connectivity index (χ0n) is 15.5. The van der Waals surface area contributed by atoms with E-state index in [9.17, 15) is 9.59 Å². The highest BCUT2D eigenvalue weighted by Gasteiger charge is 2.42. The highest BCUT2D eigenvalue weighted by molar-refractivity contribution is 7.99. The summed E-state index contributed by atoms with van der Waals surface area (Å²) < 4.78 is 1.73. The topological polar surface area (TPSA) is 69.9 Å². The number of carbonyl (C=O) groups is 1. The molecule has 0 bridgehead atoms. The number of amides is 1. The van der Waals surface area contributed by atoms with Gasteiger partial charge in [-0.05, 0) is 18.6 Å². The first kappa shape index (κ1) is 18.6. The Morgan fingerprint density at radius 1 is 1.31 bits per heavy atom. The molecule has 1 aromatic heterocycles. The molecule has 1 N–H and O–H groups in total. The van der Waals surface area contributed by atoms with Crippen molar-refractivity contribution in [3.05, 3.63) is 34.6 Å². The molecular weight excluding hydrogens is 348 g/mol. The molecule has 2 aromatic rings. The lowest BCUT2D eigenvalue weighted by molar-refractivity contribution is -0.771. The van der Waals surface area contributed by atoms with Gasteiger partial charge in [0.05, 0.1) is 11.3 Å². The lowest BCUT2D eigenvalue weighted by Gasteiger charge is -2.30. The molecule has 2 heterocycles. The van der Waals surface area contributed by atoms with Crippen molar-refractivity contribution in [3.63, 3.8) is 0 Å². The van der Waals surface area contributed by atoms with Crippen molar-refractivity contribution < 1.29 is 9.48 Å². The van der Waals surface area contributed by atoms with Crippen molar-refractivity contribution in [2.75, 3.05) is 10.7 Å². The van der Waals surface area contributed by atoms with Gasteiger partial charge >= 0.3 is 11.3 Å². The Labute approximate surface area is 157 Å². The summed E-state index contributed by atoms with van der Waals surface area (Å²) in [4.78, 5) is 29.8. The fourth-order valence-corrected chi connectivity index (χ4v) is 4.22. The van der Waals surface area contributed by atoms with Crippen LogP contribution in [0.4, 0.5) is 5.69 Å². The second-order valence-electron chi connectivity index (χ2n) is 6.40. The molecule has 0 aliphatic carbocycles. The van der Waals surface area contributed by atoms with Crippen molar-refractivity contribution in [2.24, 2.45) is 0 Å². The molecule has 138 valence electrons. The maximum absolute atomic E-state index is 12.8. The van der Waals surface area contributed by atoms with Gasteiger partial charge in [-0.1, -0.05) is 55.3 Å². The second-order valence-corrected chi connectivity index (χ2v) is 7.49. The van der Waals surface area contributed by atoms with E-state index in [1.807, 2.05) is 31.2 Å². The number of hydrogen-bond acceptors (Lipinski definition) is 4. The number of rotatable bonds is 6. The van der Waals surface area contributed by atoms with Gasteiger partial charge in [0.2, 0.25) is 11.1 Å². The summed E-state index contributed by atoms with van der Waals surface area (Å²) in [6.07, 6.45) is 3.79. The van der Waals surface area contributed by atoms with Crippen LogP contribution in [-0.4, -0.2) is 21.7 Å². The molecule has 3 rings (SSSR count). The summed E-state index contributed by atoms with van der Waals surface area (Å²) in [6, 6.07) is 7.51. The minimum atomic E-state index is -0.297. The molecule has 0 saturated carbocycles. The lowest BCUT2D eigenvalue weighted by Crippen LogP contribution is -2.60. The van der Waals surface area contributed by atoms with Gasteiger partial charge < -0.3 is 0 Å². The largest absolute Gasteiger partial charge is 0.325 e. The Morgan fingerprint density at radius 3 is 2.77 bits per heavy atom. The quantitative estimate of drug-likeness (QED) is 0.479. The average molecular weight is 374 g/mol. The Morgan fingerprint density at radius 2 is 2.08 bits per heavy atom. The molecule has 26 heavy (non-hydrogen) atoms. The van der Waals surface area contributed by atoms with E-state index in [4.69, 9.17) is 0 Å². The zero-order valence-corrected chi connectivity index (χ0v) is 16.3. The van der Waals surface area contributed by atoms with Crippen molar-refractivity contribution in [1.29, 1.82) is 0 Å². The van der Waals surface area contributed by atoms with Gasteiger partial charge in [-0.3, -0.25) is 19.5 Å². The van der Waals surface area contributed by atoms with Gasteiger partial charge in [0.25, 0.3) is 6.17 Å². The predicted octanol–water partition coefficient (Wildman–Crippen LogP) is 3.28. The first-order chi connectivity index (χ1) is 12.6. The number of para-hydroxylation sites is 1. The molecule has 1 aliphatic heterocycles. The fraction of sp³-hybridized carbons (Fsp3) is 0.474. The summed E-state index contributed by atoms with van der Waals surface area (Å²) in [5.41, 5.74) is 1.86. The van der Waals surface area contributed by atoms with Crippen LogP contribution in [0, 0.1) is 0 Å². The van der Waals surface area contributed by atoms with Gasteiger partial charge in [0.15, 0.2) is 0 Å². The molecular formula is C19H25N4O2S+. The van der Waals surface area contributed by atoms with E-state index < -0.39 is 0 Å². The van der Waals surface area contributed by atoms with Crippen LogP contribution >= 0.6 is 11.8 Å². The first-order valence-electron chi connectivity index (χ1n) is 9.16. The molecule has 0 spiro atoms. The first-order valence-corrected chi connectivity index (χ1v) is 10.1. The number of fused-ring (bicyclic) bond motifs is 3. The van der Waals surface area contributed by atoms with E-state index in [0.29, 0.717) is 17.3 Å². The summed E-state index contributed by atoms with van der Waals surface area (Å²) in [7, 11) is 0. The highest BCUT2D eigenvalue weighted by Crippen LogP contribution is 2.35. The van der Waals surface area contributed by atoms with Gasteiger partial charge in [0.1, 0.15) is 0 Å². The molecule has 1 amide bonds. The van der Waals surface area contributed by atoms with E-state index in [2.05, 4.69) is 17.0 Å². The van der Waals surface area contributed by atoms with Crippen LogP contribution in [0.25, 0.3) is 11.3 Å². The van der Waals surface area contributed by atoms with E-state index in [0.717, 1.165) is 29.8 Å². The number of benzene rings is 1. The van der Waals surface area contributed by atoms with Crippen LogP contribution in [0.2, 0.25) is 0 Å². The molecule has 6 nitrogen and oxygen atoms in total. The minimum absolute atomic E-state index is 0.0540. The Balaban J connectivity index is 2.09. The van der Waals surface area contributed by atoms with Crippen LogP contribution in [0.15, 0.2) is 34.2 Å². The molecule has 0 radical (unpaired) electrons. The van der Waals surface area contributed by atoms with E-state index >= 15 is 0 Å². The average Bonchev–Trinajstić information content (AvgIpc) is 2.63. The van der Waals surface area contributed by atoms with Gasteiger partial charge in [-0.15, -0.1) is 0 Å². The molecule has 0 fully saturated rings. The van der Waals surface area contributed by atoms with Crippen LogP contribution in [0.5, 0.6) is 0 Å². The van der Waals surface area contributed by atoms with Crippen molar-refractivity contribution in [1.82, 2.24) is 10.1 Å². The Hall–Kier alpha value is -2.15. The maximum atomic E-state index is 12.8. The third-order valence-electron chi connectivity index (χ3n) is 4.55. The molecule has 1 aliphatic rings. The Bertz CT molecular complexity index is 865. The van der Waals surface area contributed by atoms with E-state index in [-0.39, 0.29) is 17.6 Å². The van der Waals surface area contributed by atoms with Gasteiger partial charge in [-0.2, -0.15) is 0 Å². The number of H-pyrrole nitrogens is 1. The number of carbonyl (C=O) groups excluding carboxylic acids is 1. The molecule has 0 saturated heterocycles. The Kier molecular flexibility index (Phi) is 5.76. The van der Waals surface area contributed by atoms with Gasteiger partial charge in [-0.25, -0.2) is 0 Å². The van der Waals surface area contributed by atoms with Gasteiger partial charge in [0, 0.05) is 24.2 Å². The highest BCUT2D eigenvalue weighted by atomic mass is 32.2. The summed E-state index contributed by atoms with van der Waals surface area (Å²) in [5, 5.41) is 5.29. The number of hydrogen-bond donors (Lipinski definition) is 1. The maximum Gasteiger partial charge on any atom is 0.325 e. The standard InChI is InChI=1S/C19H24N4O2S/c1-4-6-9-12-26-19-20-18(25)17-14-10-7-8-11-15(14)22(13(3)24)16(5-2)23(17)21-19/h7-8,10-11,16H,4-6,9,12H2,1-3H3/p+1/t16-/m1/s1. The van der Waals surface area contributed by atoms with Crippen LogP contribution in [-0.2, 0) is 4.79 Å². The number of nitrogens with zero attached hydrogens (tertiary/aromatic N) is 3. The van der Waals surface area contributed by atoms with E-state index in [1.54, 1.807) is 28.3 Å². The third kappa shape index (κ3) is 3.40. The summed E-state index contributed by atoms with van der Waals surface area (Å²) in [5.74, 6) is 0.863. The number of anilines is 1. The zero-order chi connectivity index (χ0) is 18.7.